The number of hydrogen-bond donors (Lipinski definition) is 0. The van der Waals surface area contributed by atoms with Gasteiger partial charge >= 0.3 is 5.97 Å². The largest absolute Gasteiger partial charge is 0.469 e. The fourth-order valence-electron chi connectivity index (χ4n) is 1.08. The Kier molecular flexibility index (Phi) is 4.09. The van der Waals surface area contributed by atoms with E-state index < -0.39 is 10.9 Å². The van der Waals surface area contributed by atoms with Gasteiger partial charge in [0.25, 0.3) is 5.69 Å². The van der Waals surface area contributed by atoms with Crippen LogP contribution in [0.4, 0.5) is 5.69 Å². The van der Waals surface area contributed by atoms with Crippen LogP contribution in [0.5, 0.6) is 0 Å². The van der Waals surface area contributed by atoms with Crippen molar-refractivity contribution in [3.8, 4) is 0 Å². The van der Waals surface area contributed by atoms with Crippen LogP contribution in [-0.4, -0.2) is 18.0 Å². The maximum Gasteiger partial charge on any atom is 0.310 e. The SMILES string of the molecule is COC(=O)Cc1cc([N+](=O)[O-])c(Cl)cc1Cl. The maximum absolute atomic E-state index is 11.0. The molecule has 0 aliphatic heterocycles. The molecule has 16 heavy (non-hydrogen) atoms. The minimum atomic E-state index is -0.639. The van der Waals surface area contributed by atoms with Crippen molar-refractivity contribution in [3.05, 3.63) is 37.9 Å². The lowest BCUT2D eigenvalue weighted by Crippen LogP contribution is -2.05. The van der Waals surface area contributed by atoms with Gasteiger partial charge in [0.2, 0.25) is 0 Å². The fraction of sp³-hybridized carbons (Fsp3) is 0.222. The monoisotopic (exact) mass is 263 g/mol. The molecule has 0 unspecified atom stereocenters. The van der Waals surface area contributed by atoms with Gasteiger partial charge < -0.3 is 4.74 Å². The summed E-state index contributed by atoms with van der Waals surface area (Å²) in [5.41, 5.74) is 0.0228. The predicted octanol–water partition coefficient (Wildman–Crippen LogP) is 2.62. The number of benzene rings is 1. The summed E-state index contributed by atoms with van der Waals surface area (Å²) in [5, 5.41) is 10.7. The average molecular weight is 264 g/mol. The summed E-state index contributed by atoms with van der Waals surface area (Å²) in [4.78, 5) is 21.0. The number of ether oxygens (including phenoxy) is 1. The normalized spacial score (nSPS) is 9.94. The van der Waals surface area contributed by atoms with Gasteiger partial charge in [-0.25, -0.2) is 0 Å². The Labute approximate surface area is 101 Å². The molecule has 0 bridgehead atoms. The summed E-state index contributed by atoms with van der Waals surface area (Å²) in [7, 11) is 1.22. The smallest absolute Gasteiger partial charge is 0.310 e. The average Bonchev–Trinajstić information content (AvgIpc) is 2.21. The molecule has 0 saturated heterocycles. The molecular formula is C9H7Cl2NO4. The summed E-state index contributed by atoms with van der Waals surface area (Å²) in [6, 6.07) is 2.40. The molecule has 5 nitrogen and oxygen atoms in total. The van der Waals surface area contributed by atoms with E-state index in [4.69, 9.17) is 23.2 Å². The van der Waals surface area contributed by atoms with E-state index in [-0.39, 0.29) is 22.2 Å². The van der Waals surface area contributed by atoms with Gasteiger partial charge in [-0.15, -0.1) is 0 Å². The van der Waals surface area contributed by atoms with Crippen LogP contribution >= 0.6 is 23.2 Å². The van der Waals surface area contributed by atoms with E-state index in [9.17, 15) is 14.9 Å². The molecule has 1 aromatic carbocycles. The molecule has 0 aliphatic carbocycles. The topological polar surface area (TPSA) is 69.4 Å². The molecule has 86 valence electrons. The van der Waals surface area contributed by atoms with Gasteiger partial charge in [-0.05, 0) is 11.6 Å². The number of nitro groups is 1. The molecule has 0 amide bonds. The first-order valence-electron chi connectivity index (χ1n) is 4.15. The highest BCUT2D eigenvalue weighted by Crippen LogP contribution is 2.31. The van der Waals surface area contributed by atoms with Gasteiger partial charge in [-0.2, -0.15) is 0 Å². The van der Waals surface area contributed by atoms with E-state index in [1.54, 1.807) is 0 Å². The Bertz CT molecular complexity index is 447. The van der Waals surface area contributed by atoms with Crippen LogP contribution < -0.4 is 0 Å². The molecule has 0 N–H and O–H groups in total. The molecule has 0 aliphatic rings. The van der Waals surface area contributed by atoms with E-state index >= 15 is 0 Å². The Balaban J connectivity index is 3.14. The molecule has 1 rings (SSSR count). The number of nitro benzene ring substituents is 1. The molecule has 0 fully saturated rings. The van der Waals surface area contributed by atoms with E-state index in [0.717, 1.165) is 0 Å². The number of halogens is 2. The first kappa shape index (κ1) is 12.7. The third-order valence-corrected chi connectivity index (χ3v) is 2.53. The summed E-state index contributed by atoms with van der Waals surface area (Å²) in [5.74, 6) is -0.529. The van der Waals surface area contributed by atoms with Gasteiger partial charge in [0.05, 0.1) is 18.5 Å². The van der Waals surface area contributed by atoms with E-state index in [2.05, 4.69) is 4.74 Å². The number of nitrogens with zero attached hydrogens (tertiary/aromatic N) is 1. The van der Waals surface area contributed by atoms with Crippen LogP contribution in [-0.2, 0) is 16.0 Å². The zero-order valence-corrected chi connectivity index (χ0v) is 9.71. The molecule has 0 atom stereocenters. The van der Waals surface area contributed by atoms with Crippen molar-refractivity contribution in [2.45, 2.75) is 6.42 Å². The van der Waals surface area contributed by atoms with Crippen LogP contribution in [0.25, 0.3) is 0 Å². The van der Waals surface area contributed by atoms with Crippen molar-refractivity contribution < 1.29 is 14.5 Å². The fourth-order valence-corrected chi connectivity index (χ4v) is 1.60. The number of rotatable bonds is 3. The minimum absolute atomic E-state index is 0.0661. The van der Waals surface area contributed by atoms with Crippen molar-refractivity contribution in [3.63, 3.8) is 0 Å². The quantitative estimate of drug-likeness (QED) is 0.478. The predicted molar refractivity (Wildman–Crippen MR) is 58.8 cm³/mol. The lowest BCUT2D eigenvalue weighted by Gasteiger charge is -2.04. The van der Waals surface area contributed by atoms with Crippen molar-refractivity contribution >= 4 is 34.9 Å². The molecule has 0 radical (unpaired) electrons. The highest BCUT2D eigenvalue weighted by molar-refractivity contribution is 6.36. The van der Waals surface area contributed by atoms with E-state index in [0.29, 0.717) is 5.56 Å². The van der Waals surface area contributed by atoms with Crippen molar-refractivity contribution in [2.75, 3.05) is 7.11 Å². The van der Waals surface area contributed by atoms with Crippen LogP contribution in [0.1, 0.15) is 5.56 Å². The molecule has 0 aromatic heterocycles. The molecule has 0 spiro atoms. The lowest BCUT2D eigenvalue weighted by molar-refractivity contribution is -0.384. The Morgan fingerprint density at radius 1 is 1.44 bits per heavy atom. The first-order valence-corrected chi connectivity index (χ1v) is 4.90. The zero-order chi connectivity index (χ0) is 12.3. The summed E-state index contributed by atoms with van der Waals surface area (Å²) < 4.78 is 4.44. The first-order chi connectivity index (χ1) is 7.45. The van der Waals surface area contributed by atoms with Gasteiger partial charge in [-0.1, -0.05) is 23.2 Å². The van der Waals surface area contributed by atoms with Crippen molar-refractivity contribution in [1.29, 1.82) is 0 Å². The van der Waals surface area contributed by atoms with Gasteiger partial charge in [0, 0.05) is 11.1 Å². The second-order valence-electron chi connectivity index (χ2n) is 2.91. The second kappa shape index (κ2) is 5.14. The van der Waals surface area contributed by atoms with Crippen LogP contribution in [0.15, 0.2) is 12.1 Å². The number of methoxy groups -OCH3 is 1. The Morgan fingerprint density at radius 3 is 2.56 bits per heavy atom. The summed E-state index contributed by atoms with van der Waals surface area (Å²) >= 11 is 11.4. The Morgan fingerprint density at radius 2 is 2.06 bits per heavy atom. The van der Waals surface area contributed by atoms with E-state index in [1.165, 1.54) is 19.2 Å². The number of hydrogen-bond acceptors (Lipinski definition) is 4. The molecular weight excluding hydrogens is 257 g/mol. The van der Waals surface area contributed by atoms with Gasteiger partial charge in [0.15, 0.2) is 0 Å². The summed E-state index contributed by atoms with van der Waals surface area (Å²) in [6.45, 7) is 0. The van der Waals surface area contributed by atoms with E-state index in [1.807, 2.05) is 0 Å². The van der Waals surface area contributed by atoms with Crippen molar-refractivity contribution in [2.24, 2.45) is 0 Å². The van der Waals surface area contributed by atoms with Gasteiger partial charge in [-0.3, -0.25) is 14.9 Å². The molecule has 1 aromatic rings. The maximum atomic E-state index is 11.0. The number of esters is 1. The third kappa shape index (κ3) is 2.84. The Hall–Kier alpha value is -1.33. The second-order valence-corrected chi connectivity index (χ2v) is 3.72. The summed E-state index contributed by atoms with van der Waals surface area (Å²) in [6.07, 6.45) is -0.132. The standard InChI is InChI=1S/C9H7Cl2NO4/c1-16-9(13)3-5-2-8(12(14)15)7(11)4-6(5)10/h2,4H,3H2,1H3. The highest BCUT2D eigenvalue weighted by atomic mass is 35.5. The molecule has 0 saturated carbocycles. The van der Waals surface area contributed by atoms with Crippen LogP contribution in [0.2, 0.25) is 10.0 Å². The zero-order valence-electron chi connectivity index (χ0n) is 8.20. The minimum Gasteiger partial charge on any atom is -0.469 e. The van der Waals surface area contributed by atoms with Crippen molar-refractivity contribution in [1.82, 2.24) is 0 Å². The lowest BCUT2D eigenvalue weighted by atomic mass is 10.1. The number of carbonyl (C=O) groups excluding carboxylic acids is 1. The molecule has 7 heteroatoms. The molecule has 0 heterocycles. The van der Waals surface area contributed by atoms with Crippen LogP contribution in [0.3, 0.4) is 0 Å². The highest BCUT2D eigenvalue weighted by Gasteiger charge is 2.17. The number of carbonyl (C=O) groups is 1. The third-order valence-electron chi connectivity index (χ3n) is 1.88. The van der Waals surface area contributed by atoms with Crippen LogP contribution in [0, 0.1) is 10.1 Å². The van der Waals surface area contributed by atoms with Gasteiger partial charge in [0.1, 0.15) is 5.02 Å².